The number of amides is 1. The first-order valence-electron chi connectivity index (χ1n) is 6.11. The lowest BCUT2D eigenvalue weighted by Crippen LogP contribution is -2.38. The maximum absolute atomic E-state index is 11.6. The molecule has 4 nitrogen and oxygen atoms in total. The lowest BCUT2D eigenvalue weighted by Gasteiger charge is -2.21. The number of alkyl carbamates (subject to hydrolysis) is 1. The molecule has 2 atom stereocenters. The minimum Gasteiger partial charge on any atom is -0.444 e. The maximum Gasteiger partial charge on any atom is 0.408 e. The van der Waals surface area contributed by atoms with Crippen molar-refractivity contribution < 1.29 is 14.3 Å². The van der Waals surface area contributed by atoms with Crippen molar-refractivity contribution in [3.05, 3.63) is 12.2 Å². The first-order valence-corrected chi connectivity index (χ1v) is 6.11. The molecule has 0 aromatic rings. The van der Waals surface area contributed by atoms with E-state index in [0.29, 0.717) is 0 Å². The second kappa shape index (κ2) is 6.05. The van der Waals surface area contributed by atoms with Gasteiger partial charge in [-0.1, -0.05) is 12.2 Å². The van der Waals surface area contributed by atoms with Gasteiger partial charge in [0.2, 0.25) is 0 Å². The topological polar surface area (TPSA) is 47.6 Å². The number of nitrogens with one attached hydrogen (secondary N) is 1. The Morgan fingerprint density at radius 1 is 1.29 bits per heavy atom. The summed E-state index contributed by atoms with van der Waals surface area (Å²) in [6, 6.07) is 0.0463. The molecule has 1 N–H and O–H groups in total. The van der Waals surface area contributed by atoms with Crippen molar-refractivity contribution in [2.45, 2.75) is 57.8 Å². The van der Waals surface area contributed by atoms with Crippen molar-refractivity contribution in [2.24, 2.45) is 0 Å². The van der Waals surface area contributed by atoms with Gasteiger partial charge in [-0.2, -0.15) is 0 Å². The zero-order valence-corrected chi connectivity index (χ0v) is 11.2. The minimum atomic E-state index is -0.451. The normalized spacial score (nSPS) is 25.2. The Morgan fingerprint density at radius 2 is 2.00 bits per heavy atom. The third-order valence-corrected chi connectivity index (χ3v) is 2.57. The van der Waals surface area contributed by atoms with E-state index in [1.807, 2.05) is 32.9 Å². The Morgan fingerprint density at radius 3 is 2.59 bits per heavy atom. The van der Waals surface area contributed by atoms with E-state index in [-0.39, 0.29) is 18.2 Å². The molecule has 17 heavy (non-hydrogen) atoms. The summed E-state index contributed by atoms with van der Waals surface area (Å²) in [4.78, 5) is 11.6. The molecule has 0 radical (unpaired) electrons. The summed E-state index contributed by atoms with van der Waals surface area (Å²) in [6.07, 6.45) is 6.77. The van der Waals surface area contributed by atoms with Gasteiger partial charge in [-0.25, -0.2) is 4.79 Å². The molecule has 1 rings (SSSR count). The largest absolute Gasteiger partial charge is 0.444 e. The molecule has 1 amide bonds. The molecule has 0 aliphatic heterocycles. The molecule has 0 heterocycles. The molecule has 0 unspecified atom stereocenters. The molecule has 0 saturated heterocycles. The fourth-order valence-electron chi connectivity index (χ4n) is 1.77. The van der Waals surface area contributed by atoms with Gasteiger partial charge in [0.25, 0.3) is 0 Å². The van der Waals surface area contributed by atoms with Crippen LogP contribution in [0.1, 0.15) is 40.0 Å². The highest BCUT2D eigenvalue weighted by molar-refractivity contribution is 5.68. The van der Waals surface area contributed by atoms with Crippen LogP contribution in [0.2, 0.25) is 0 Å². The van der Waals surface area contributed by atoms with E-state index >= 15 is 0 Å². The van der Waals surface area contributed by atoms with Crippen molar-refractivity contribution >= 4 is 6.09 Å². The number of methoxy groups -OCH3 is 1. The molecule has 1 aliphatic carbocycles. The third kappa shape index (κ3) is 5.73. The Bertz CT molecular complexity index is 281. The third-order valence-electron chi connectivity index (χ3n) is 2.57. The number of rotatable bonds is 2. The Labute approximate surface area is 103 Å². The molecule has 1 aliphatic rings. The molecule has 0 aromatic carbocycles. The van der Waals surface area contributed by atoms with Crippen molar-refractivity contribution in [3.63, 3.8) is 0 Å². The fourth-order valence-corrected chi connectivity index (χ4v) is 1.77. The Hall–Kier alpha value is -1.03. The van der Waals surface area contributed by atoms with Crippen LogP contribution in [-0.4, -0.2) is 30.9 Å². The van der Waals surface area contributed by atoms with E-state index in [4.69, 9.17) is 9.47 Å². The average Bonchev–Trinajstić information content (AvgIpc) is 2.40. The van der Waals surface area contributed by atoms with E-state index in [2.05, 4.69) is 5.32 Å². The monoisotopic (exact) mass is 241 g/mol. The summed E-state index contributed by atoms with van der Waals surface area (Å²) < 4.78 is 10.5. The molecule has 4 heteroatoms. The maximum atomic E-state index is 11.6. The second-order valence-corrected chi connectivity index (χ2v) is 5.34. The van der Waals surface area contributed by atoms with Crippen LogP contribution in [0, 0.1) is 0 Å². The van der Waals surface area contributed by atoms with Crippen LogP contribution in [0.3, 0.4) is 0 Å². The summed E-state index contributed by atoms with van der Waals surface area (Å²) in [5, 5.41) is 2.86. The van der Waals surface area contributed by atoms with Crippen LogP contribution >= 0.6 is 0 Å². The number of hydrogen-bond donors (Lipinski definition) is 1. The molecule has 0 spiro atoms. The first kappa shape index (κ1) is 14.0. The smallest absolute Gasteiger partial charge is 0.408 e. The highest BCUT2D eigenvalue weighted by Crippen LogP contribution is 2.15. The lowest BCUT2D eigenvalue weighted by atomic mass is 10.1. The highest BCUT2D eigenvalue weighted by Gasteiger charge is 2.19. The number of ether oxygens (including phenoxy) is 2. The van der Waals surface area contributed by atoms with Gasteiger partial charge in [0.15, 0.2) is 0 Å². The van der Waals surface area contributed by atoms with Crippen LogP contribution in [0.25, 0.3) is 0 Å². The summed E-state index contributed by atoms with van der Waals surface area (Å²) in [7, 11) is 1.70. The number of carbonyl (C=O) groups excluding carboxylic acids is 1. The highest BCUT2D eigenvalue weighted by atomic mass is 16.6. The quantitative estimate of drug-likeness (QED) is 0.756. The average molecular weight is 241 g/mol. The van der Waals surface area contributed by atoms with Gasteiger partial charge >= 0.3 is 6.09 Å². The fraction of sp³-hybridized carbons (Fsp3) is 0.769. The van der Waals surface area contributed by atoms with Crippen LogP contribution in [0.5, 0.6) is 0 Å². The zero-order chi connectivity index (χ0) is 12.9. The summed E-state index contributed by atoms with van der Waals surface area (Å²) in [5.41, 5.74) is -0.451. The van der Waals surface area contributed by atoms with E-state index in [0.717, 1.165) is 19.3 Å². The van der Waals surface area contributed by atoms with E-state index < -0.39 is 5.60 Å². The molecular weight excluding hydrogens is 218 g/mol. The van der Waals surface area contributed by atoms with Gasteiger partial charge in [-0.3, -0.25) is 0 Å². The van der Waals surface area contributed by atoms with Crippen molar-refractivity contribution in [1.82, 2.24) is 5.32 Å². The zero-order valence-electron chi connectivity index (χ0n) is 11.2. The van der Waals surface area contributed by atoms with Crippen LogP contribution in [0.15, 0.2) is 12.2 Å². The molecule has 0 fully saturated rings. The second-order valence-electron chi connectivity index (χ2n) is 5.34. The van der Waals surface area contributed by atoms with Gasteiger partial charge in [0, 0.05) is 7.11 Å². The van der Waals surface area contributed by atoms with Gasteiger partial charge in [-0.15, -0.1) is 0 Å². The number of carbonyl (C=O) groups is 1. The van der Waals surface area contributed by atoms with Crippen LogP contribution in [0.4, 0.5) is 4.79 Å². The van der Waals surface area contributed by atoms with Crippen molar-refractivity contribution in [1.29, 1.82) is 0 Å². The van der Waals surface area contributed by atoms with Crippen LogP contribution in [-0.2, 0) is 9.47 Å². The van der Waals surface area contributed by atoms with Crippen molar-refractivity contribution in [3.8, 4) is 0 Å². The Kier molecular flexibility index (Phi) is 5.00. The van der Waals surface area contributed by atoms with E-state index in [9.17, 15) is 4.79 Å². The summed E-state index contributed by atoms with van der Waals surface area (Å²) >= 11 is 0. The van der Waals surface area contributed by atoms with E-state index in [1.165, 1.54) is 0 Å². The number of hydrogen-bond acceptors (Lipinski definition) is 3. The predicted octanol–water partition coefficient (Wildman–Crippen LogP) is 2.63. The van der Waals surface area contributed by atoms with Gasteiger partial charge < -0.3 is 14.8 Å². The summed E-state index contributed by atoms with van der Waals surface area (Å²) in [6.45, 7) is 5.57. The lowest BCUT2D eigenvalue weighted by molar-refractivity contribution is 0.0512. The molecule has 0 aromatic heterocycles. The predicted molar refractivity (Wildman–Crippen MR) is 66.9 cm³/mol. The molecular formula is C13H23NO3. The van der Waals surface area contributed by atoms with Gasteiger partial charge in [0.1, 0.15) is 5.60 Å². The van der Waals surface area contributed by atoms with Gasteiger partial charge in [-0.05, 0) is 40.0 Å². The molecule has 98 valence electrons. The van der Waals surface area contributed by atoms with E-state index in [1.54, 1.807) is 7.11 Å². The minimum absolute atomic E-state index is 0.0463. The molecule has 0 bridgehead atoms. The standard InChI is InChI=1S/C13H23NO3/c1-13(2,3)17-12(15)14-10-6-5-7-11(16-4)9-8-10/h8-11H,5-7H2,1-4H3,(H,14,15)/t10-,11+/m0/s1. The molecule has 0 saturated carbocycles. The van der Waals surface area contributed by atoms with Crippen molar-refractivity contribution in [2.75, 3.05) is 7.11 Å². The van der Waals surface area contributed by atoms with Gasteiger partial charge in [0.05, 0.1) is 12.1 Å². The summed E-state index contributed by atoms with van der Waals surface area (Å²) in [5.74, 6) is 0. The first-order chi connectivity index (χ1) is 7.90. The van der Waals surface area contributed by atoms with Crippen LogP contribution < -0.4 is 5.32 Å². The SMILES string of the molecule is CO[C@H]1C=C[C@@H](NC(=O)OC(C)(C)C)CCC1. The Balaban J connectivity index is 2.43.